The van der Waals surface area contributed by atoms with Crippen molar-refractivity contribution in [1.29, 1.82) is 0 Å². The standard InChI is InChI=1S/C16H21N5O4S2/c1-3-20(12-8-9-27(23,24)11-12)15(22)10-26-16-17-18-19-21(16)13-6-4-5-7-14(13)25-2/h4-7,12H,3,8-11H2,1-2H3/t12-/m1/s1. The van der Waals surface area contributed by atoms with E-state index in [0.717, 1.165) is 0 Å². The minimum Gasteiger partial charge on any atom is -0.494 e. The fourth-order valence-corrected chi connectivity index (χ4v) is 5.59. The van der Waals surface area contributed by atoms with Crippen LogP contribution >= 0.6 is 11.8 Å². The molecule has 1 aromatic heterocycles. The van der Waals surface area contributed by atoms with Gasteiger partial charge in [0.2, 0.25) is 11.1 Å². The average Bonchev–Trinajstić information content (AvgIpc) is 3.26. The van der Waals surface area contributed by atoms with Gasteiger partial charge in [0.25, 0.3) is 0 Å². The molecule has 1 fully saturated rings. The van der Waals surface area contributed by atoms with Gasteiger partial charge in [0.05, 0.1) is 24.4 Å². The third kappa shape index (κ3) is 4.41. The molecule has 2 heterocycles. The Bertz CT molecular complexity index is 915. The van der Waals surface area contributed by atoms with Crippen molar-refractivity contribution in [2.24, 2.45) is 0 Å². The zero-order valence-corrected chi connectivity index (χ0v) is 16.7. The number of nitrogens with zero attached hydrogens (tertiary/aromatic N) is 5. The van der Waals surface area contributed by atoms with Crippen molar-refractivity contribution in [3.05, 3.63) is 24.3 Å². The normalized spacial score (nSPS) is 18.4. The van der Waals surface area contributed by atoms with Crippen LogP contribution in [0, 0.1) is 0 Å². The number of para-hydroxylation sites is 2. The third-order valence-corrected chi connectivity index (χ3v) is 7.04. The van der Waals surface area contributed by atoms with Crippen LogP contribution < -0.4 is 4.74 Å². The Morgan fingerprint density at radius 1 is 1.41 bits per heavy atom. The van der Waals surface area contributed by atoms with Crippen molar-refractivity contribution in [3.63, 3.8) is 0 Å². The van der Waals surface area contributed by atoms with E-state index in [1.54, 1.807) is 18.1 Å². The van der Waals surface area contributed by atoms with Gasteiger partial charge in [-0.15, -0.1) is 5.10 Å². The lowest BCUT2D eigenvalue weighted by Crippen LogP contribution is -2.42. The van der Waals surface area contributed by atoms with Crippen molar-refractivity contribution in [1.82, 2.24) is 25.1 Å². The molecule has 146 valence electrons. The maximum absolute atomic E-state index is 12.6. The highest BCUT2D eigenvalue weighted by Gasteiger charge is 2.33. The highest BCUT2D eigenvalue weighted by molar-refractivity contribution is 7.99. The first kappa shape index (κ1) is 19.6. The van der Waals surface area contributed by atoms with E-state index < -0.39 is 9.84 Å². The van der Waals surface area contributed by atoms with Crippen LogP contribution in [0.4, 0.5) is 0 Å². The summed E-state index contributed by atoms with van der Waals surface area (Å²) in [6.07, 6.45) is 0.492. The van der Waals surface area contributed by atoms with Gasteiger partial charge in [-0.3, -0.25) is 4.79 Å². The fraction of sp³-hybridized carbons (Fsp3) is 0.500. The molecule has 0 N–H and O–H groups in total. The molecule has 0 bridgehead atoms. The Morgan fingerprint density at radius 2 is 2.19 bits per heavy atom. The molecule has 11 heteroatoms. The van der Waals surface area contributed by atoms with Gasteiger partial charge in [0, 0.05) is 12.6 Å². The number of methoxy groups -OCH3 is 1. The molecule has 1 aliphatic rings. The number of rotatable bonds is 7. The van der Waals surface area contributed by atoms with Gasteiger partial charge < -0.3 is 9.64 Å². The van der Waals surface area contributed by atoms with Gasteiger partial charge in [0.15, 0.2) is 9.84 Å². The van der Waals surface area contributed by atoms with Crippen LogP contribution in [0.15, 0.2) is 29.4 Å². The Balaban J connectivity index is 1.70. The lowest BCUT2D eigenvalue weighted by Gasteiger charge is -2.26. The molecule has 9 nitrogen and oxygen atoms in total. The molecule has 0 radical (unpaired) electrons. The minimum atomic E-state index is -3.04. The predicted molar refractivity (Wildman–Crippen MR) is 101 cm³/mol. The summed E-state index contributed by atoms with van der Waals surface area (Å²) in [4.78, 5) is 14.3. The predicted octanol–water partition coefficient (Wildman–Crippen LogP) is 0.799. The minimum absolute atomic E-state index is 0.0379. The Labute approximate surface area is 162 Å². The molecule has 2 aromatic rings. The Hall–Kier alpha value is -2.14. The molecule has 0 saturated carbocycles. The number of hydrogen-bond acceptors (Lipinski definition) is 8. The second-order valence-corrected chi connectivity index (χ2v) is 9.24. The van der Waals surface area contributed by atoms with E-state index in [1.807, 2.05) is 25.1 Å². The maximum atomic E-state index is 12.6. The number of carbonyl (C=O) groups is 1. The van der Waals surface area contributed by atoms with E-state index in [4.69, 9.17) is 4.74 Å². The van der Waals surface area contributed by atoms with Crippen LogP contribution in [0.5, 0.6) is 5.75 Å². The van der Waals surface area contributed by atoms with Gasteiger partial charge in [-0.25, -0.2) is 8.42 Å². The molecule has 1 atom stereocenters. The first-order chi connectivity index (χ1) is 12.9. The van der Waals surface area contributed by atoms with Gasteiger partial charge in [-0.05, 0) is 35.9 Å². The van der Waals surface area contributed by atoms with Crippen molar-refractivity contribution < 1.29 is 17.9 Å². The zero-order chi connectivity index (χ0) is 19.4. The van der Waals surface area contributed by atoms with E-state index in [0.29, 0.717) is 29.6 Å². The molecule has 0 aliphatic carbocycles. The largest absolute Gasteiger partial charge is 0.494 e. The highest BCUT2D eigenvalue weighted by atomic mass is 32.2. The summed E-state index contributed by atoms with van der Waals surface area (Å²) < 4.78 is 30.3. The van der Waals surface area contributed by atoms with Gasteiger partial charge in [-0.1, -0.05) is 23.9 Å². The third-order valence-electron chi connectivity index (χ3n) is 4.39. The summed E-state index contributed by atoms with van der Waals surface area (Å²) in [6, 6.07) is 7.06. The number of tetrazole rings is 1. The summed E-state index contributed by atoms with van der Waals surface area (Å²) in [5.41, 5.74) is 0.675. The summed E-state index contributed by atoms with van der Waals surface area (Å²) >= 11 is 1.21. The van der Waals surface area contributed by atoms with Gasteiger partial charge >= 0.3 is 0 Å². The van der Waals surface area contributed by atoms with Crippen LogP contribution in [-0.4, -0.2) is 76.4 Å². The zero-order valence-electron chi connectivity index (χ0n) is 15.1. The van der Waals surface area contributed by atoms with Crippen LogP contribution in [0.2, 0.25) is 0 Å². The number of benzene rings is 1. The summed E-state index contributed by atoms with van der Waals surface area (Å²) in [7, 11) is -1.48. The van der Waals surface area contributed by atoms with E-state index in [9.17, 15) is 13.2 Å². The Morgan fingerprint density at radius 3 is 2.85 bits per heavy atom. The van der Waals surface area contributed by atoms with E-state index in [2.05, 4.69) is 15.5 Å². The fourth-order valence-electron chi connectivity index (χ4n) is 3.09. The van der Waals surface area contributed by atoms with E-state index in [-0.39, 0.29) is 29.2 Å². The topological polar surface area (TPSA) is 107 Å². The average molecular weight is 412 g/mol. The molecular weight excluding hydrogens is 390 g/mol. The number of amides is 1. The SMILES string of the molecule is CCN(C(=O)CSc1nnnn1-c1ccccc1OC)[C@@H]1CCS(=O)(=O)C1. The second kappa shape index (κ2) is 8.26. The van der Waals surface area contributed by atoms with Crippen LogP contribution in [0.3, 0.4) is 0 Å². The van der Waals surface area contributed by atoms with Crippen LogP contribution in [0.25, 0.3) is 5.69 Å². The van der Waals surface area contributed by atoms with Gasteiger partial charge in [-0.2, -0.15) is 4.68 Å². The summed E-state index contributed by atoms with van der Waals surface area (Å²) in [5, 5.41) is 12.1. The van der Waals surface area contributed by atoms with Gasteiger partial charge in [0.1, 0.15) is 11.4 Å². The first-order valence-electron chi connectivity index (χ1n) is 8.49. The van der Waals surface area contributed by atoms with Crippen molar-refractivity contribution in [2.75, 3.05) is 30.9 Å². The summed E-state index contributed by atoms with van der Waals surface area (Å²) in [6.45, 7) is 2.32. The number of carbonyl (C=O) groups excluding carboxylic acids is 1. The number of hydrogen-bond donors (Lipinski definition) is 0. The van der Waals surface area contributed by atoms with Crippen molar-refractivity contribution in [2.45, 2.75) is 24.5 Å². The lowest BCUT2D eigenvalue weighted by atomic mass is 10.2. The monoisotopic (exact) mass is 411 g/mol. The number of thioether (sulfide) groups is 1. The van der Waals surface area contributed by atoms with Crippen molar-refractivity contribution >= 4 is 27.5 Å². The highest BCUT2D eigenvalue weighted by Crippen LogP contribution is 2.26. The molecule has 1 amide bonds. The van der Waals surface area contributed by atoms with Crippen molar-refractivity contribution in [3.8, 4) is 11.4 Å². The van der Waals surface area contributed by atoms with Crippen LogP contribution in [-0.2, 0) is 14.6 Å². The maximum Gasteiger partial charge on any atom is 0.233 e. The van der Waals surface area contributed by atoms with E-state index >= 15 is 0 Å². The molecule has 1 aromatic carbocycles. The summed E-state index contributed by atoms with van der Waals surface area (Å²) in [5.74, 6) is 0.792. The van der Waals surface area contributed by atoms with E-state index in [1.165, 1.54) is 16.4 Å². The smallest absolute Gasteiger partial charge is 0.233 e. The quantitative estimate of drug-likeness (QED) is 0.616. The lowest BCUT2D eigenvalue weighted by molar-refractivity contribution is -0.129. The first-order valence-corrected chi connectivity index (χ1v) is 11.3. The Kier molecular flexibility index (Phi) is 6.00. The molecule has 27 heavy (non-hydrogen) atoms. The molecule has 1 aliphatic heterocycles. The molecular formula is C16H21N5O4S2. The second-order valence-electron chi connectivity index (χ2n) is 6.07. The number of ether oxygens (including phenoxy) is 1. The molecule has 0 spiro atoms. The number of sulfone groups is 1. The molecule has 3 rings (SSSR count). The number of aromatic nitrogens is 4. The molecule has 1 saturated heterocycles. The molecule has 0 unspecified atom stereocenters. The van der Waals surface area contributed by atoms with Crippen LogP contribution in [0.1, 0.15) is 13.3 Å².